The number of nitrogens with zero attached hydrogens (tertiary/aromatic N) is 1. The van der Waals surface area contributed by atoms with Crippen molar-refractivity contribution in [2.45, 2.75) is 59.4 Å². The Balaban J connectivity index is 2.37. The third kappa shape index (κ3) is 3.64. The van der Waals surface area contributed by atoms with Crippen LogP contribution in [-0.2, 0) is 0 Å². The third-order valence-electron chi connectivity index (χ3n) is 4.92. The lowest BCUT2D eigenvalue weighted by atomic mass is 9.90. The predicted octanol–water partition coefficient (Wildman–Crippen LogP) is 3.89. The molecule has 2 N–H and O–H groups in total. The second-order valence-corrected chi connectivity index (χ2v) is 6.54. The van der Waals surface area contributed by atoms with Gasteiger partial charge in [0, 0.05) is 6.04 Å². The van der Waals surface area contributed by atoms with Crippen LogP contribution in [0, 0.1) is 20.8 Å². The zero-order valence-electron chi connectivity index (χ0n) is 14.7. The van der Waals surface area contributed by atoms with Gasteiger partial charge in [0.05, 0.1) is 6.61 Å². The first-order valence-electron chi connectivity index (χ1n) is 8.77. The molecule has 1 atom stereocenters. The van der Waals surface area contributed by atoms with Gasteiger partial charge in [-0.3, -0.25) is 4.90 Å². The van der Waals surface area contributed by atoms with E-state index in [9.17, 15) is 0 Å². The highest BCUT2D eigenvalue weighted by Crippen LogP contribution is 2.36. The lowest BCUT2D eigenvalue weighted by molar-refractivity contribution is 0.234. The summed E-state index contributed by atoms with van der Waals surface area (Å²) in [5.41, 5.74) is 11.4. The number of likely N-dealkylation sites (tertiary alicyclic amines) is 1. The van der Waals surface area contributed by atoms with Crippen molar-refractivity contribution in [2.75, 3.05) is 26.2 Å². The SMILES string of the molecule is CCCOc1cc(C)c(C(CCN)N2CCCC2)c(C)c1C. The fourth-order valence-electron chi connectivity index (χ4n) is 3.66. The average Bonchev–Trinajstić information content (AvgIpc) is 3.02. The molecule has 0 spiro atoms. The molecule has 1 aromatic carbocycles. The first-order valence-corrected chi connectivity index (χ1v) is 8.77. The number of ether oxygens (including phenoxy) is 1. The van der Waals surface area contributed by atoms with E-state index in [0.29, 0.717) is 6.04 Å². The number of hydrogen-bond acceptors (Lipinski definition) is 3. The summed E-state index contributed by atoms with van der Waals surface area (Å²) < 4.78 is 5.93. The number of aryl methyl sites for hydroxylation is 1. The molecule has 0 aromatic heterocycles. The Morgan fingerprint density at radius 3 is 2.45 bits per heavy atom. The molecule has 3 heteroatoms. The van der Waals surface area contributed by atoms with E-state index in [1.807, 2.05) is 0 Å². The molecule has 1 aliphatic heterocycles. The molecule has 0 aliphatic carbocycles. The molecule has 0 radical (unpaired) electrons. The Labute approximate surface area is 135 Å². The molecule has 0 bridgehead atoms. The van der Waals surface area contributed by atoms with Crippen LogP contribution in [-0.4, -0.2) is 31.1 Å². The van der Waals surface area contributed by atoms with Gasteiger partial charge < -0.3 is 10.5 Å². The summed E-state index contributed by atoms with van der Waals surface area (Å²) in [6, 6.07) is 2.69. The molecule has 22 heavy (non-hydrogen) atoms. The van der Waals surface area contributed by atoms with Crippen LogP contribution in [0.15, 0.2) is 6.07 Å². The lowest BCUT2D eigenvalue weighted by Gasteiger charge is -2.31. The Hall–Kier alpha value is -1.06. The van der Waals surface area contributed by atoms with Crippen molar-refractivity contribution in [3.63, 3.8) is 0 Å². The maximum atomic E-state index is 5.93. The molecule has 1 aromatic rings. The molecule has 2 rings (SSSR count). The Morgan fingerprint density at radius 2 is 1.86 bits per heavy atom. The maximum absolute atomic E-state index is 5.93. The van der Waals surface area contributed by atoms with E-state index in [1.165, 1.54) is 48.2 Å². The van der Waals surface area contributed by atoms with Crippen molar-refractivity contribution < 1.29 is 4.74 Å². The van der Waals surface area contributed by atoms with Crippen molar-refractivity contribution in [3.05, 3.63) is 28.3 Å². The van der Waals surface area contributed by atoms with Crippen LogP contribution in [0.25, 0.3) is 0 Å². The highest BCUT2D eigenvalue weighted by atomic mass is 16.5. The standard InChI is InChI=1S/C19H32N2O/c1-5-12-22-18-13-14(2)19(16(4)15(18)3)17(8-9-20)21-10-6-7-11-21/h13,17H,5-12,20H2,1-4H3. The zero-order chi connectivity index (χ0) is 16.1. The van der Waals surface area contributed by atoms with Gasteiger partial charge in [0.2, 0.25) is 0 Å². The molecule has 3 nitrogen and oxygen atoms in total. The van der Waals surface area contributed by atoms with E-state index in [4.69, 9.17) is 10.5 Å². The monoisotopic (exact) mass is 304 g/mol. The van der Waals surface area contributed by atoms with Crippen molar-refractivity contribution in [1.82, 2.24) is 4.90 Å². The molecule has 1 fully saturated rings. The summed E-state index contributed by atoms with van der Waals surface area (Å²) >= 11 is 0. The topological polar surface area (TPSA) is 38.5 Å². The zero-order valence-corrected chi connectivity index (χ0v) is 14.7. The third-order valence-corrected chi connectivity index (χ3v) is 4.92. The van der Waals surface area contributed by atoms with Crippen molar-refractivity contribution in [1.29, 1.82) is 0 Å². The summed E-state index contributed by atoms with van der Waals surface area (Å²) in [4.78, 5) is 2.62. The van der Waals surface area contributed by atoms with Crippen LogP contribution in [0.2, 0.25) is 0 Å². The van der Waals surface area contributed by atoms with Gasteiger partial charge in [-0.1, -0.05) is 6.92 Å². The number of benzene rings is 1. The van der Waals surface area contributed by atoms with Crippen molar-refractivity contribution in [2.24, 2.45) is 5.73 Å². The van der Waals surface area contributed by atoms with Gasteiger partial charge in [-0.25, -0.2) is 0 Å². The van der Waals surface area contributed by atoms with Gasteiger partial charge in [0.25, 0.3) is 0 Å². The number of rotatable bonds is 7. The van der Waals surface area contributed by atoms with E-state index >= 15 is 0 Å². The molecular weight excluding hydrogens is 272 g/mol. The first-order chi connectivity index (χ1) is 10.6. The summed E-state index contributed by atoms with van der Waals surface area (Å²) in [5, 5.41) is 0. The number of nitrogens with two attached hydrogens (primary N) is 1. The summed E-state index contributed by atoms with van der Waals surface area (Å²) in [6.07, 6.45) is 4.71. The highest BCUT2D eigenvalue weighted by molar-refractivity contribution is 5.49. The van der Waals surface area contributed by atoms with Crippen LogP contribution < -0.4 is 10.5 Å². The van der Waals surface area contributed by atoms with E-state index in [1.54, 1.807) is 0 Å². The first kappa shape index (κ1) is 17.3. The Kier molecular flexibility index (Phi) is 6.27. The van der Waals surface area contributed by atoms with Gasteiger partial charge in [0.15, 0.2) is 0 Å². The highest BCUT2D eigenvalue weighted by Gasteiger charge is 2.26. The smallest absolute Gasteiger partial charge is 0.122 e. The maximum Gasteiger partial charge on any atom is 0.122 e. The quantitative estimate of drug-likeness (QED) is 0.830. The molecule has 1 saturated heterocycles. The molecule has 0 amide bonds. The molecule has 1 unspecified atom stereocenters. The van der Waals surface area contributed by atoms with E-state index < -0.39 is 0 Å². The minimum Gasteiger partial charge on any atom is -0.493 e. The van der Waals surface area contributed by atoms with Crippen LogP contribution in [0.3, 0.4) is 0 Å². The fourth-order valence-corrected chi connectivity index (χ4v) is 3.66. The summed E-state index contributed by atoms with van der Waals surface area (Å²) in [6.45, 7) is 12.7. The van der Waals surface area contributed by atoms with Crippen molar-refractivity contribution in [3.8, 4) is 5.75 Å². The lowest BCUT2D eigenvalue weighted by Crippen LogP contribution is -2.29. The van der Waals surface area contributed by atoms with Gasteiger partial charge in [-0.2, -0.15) is 0 Å². The molecular formula is C19H32N2O. The second kappa shape index (κ2) is 7.98. The predicted molar refractivity (Wildman–Crippen MR) is 93.7 cm³/mol. The number of hydrogen-bond donors (Lipinski definition) is 1. The largest absolute Gasteiger partial charge is 0.493 e. The van der Waals surface area contributed by atoms with Crippen LogP contribution in [0.4, 0.5) is 0 Å². The molecule has 0 saturated carbocycles. The fraction of sp³-hybridized carbons (Fsp3) is 0.684. The van der Waals surface area contributed by atoms with Crippen LogP contribution in [0.5, 0.6) is 5.75 Å². The van der Waals surface area contributed by atoms with Crippen LogP contribution in [0.1, 0.15) is 60.9 Å². The molecule has 1 aliphatic rings. The van der Waals surface area contributed by atoms with E-state index in [2.05, 4.69) is 38.7 Å². The van der Waals surface area contributed by atoms with Gasteiger partial charge in [-0.05, 0) is 94.4 Å². The van der Waals surface area contributed by atoms with Gasteiger partial charge in [-0.15, -0.1) is 0 Å². The second-order valence-electron chi connectivity index (χ2n) is 6.54. The Bertz CT molecular complexity index is 493. The Morgan fingerprint density at radius 1 is 1.18 bits per heavy atom. The minimum atomic E-state index is 0.464. The van der Waals surface area contributed by atoms with Crippen LogP contribution >= 0.6 is 0 Å². The summed E-state index contributed by atoms with van der Waals surface area (Å²) in [7, 11) is 0. The van der Waals surface area contributed by atoms with E-state index in [-0.39, 0.29) is 0 Å². The normalized spacial score (nSPS) is 17.0. The van der Waals surface area contributed by atoms with E-state index in [0.717, 1.165) is 31.7 Å². The summed E-state index contributed by atoms with van der Waals surface area (Å²) in [5.74, 6) is 1.05. The molecule has 1 heterocycles. The average molecular weight is 304 g/mol. The van der Waals surface area contributed by atoms with Crippen molar-refractivity contribution >= 4 is 0 Å². The van der Waals surface area contributed by atoms with Gasteiger partial charge in [0.1, 0.15) is 5.75 Å². The van der Waals surface area contributed by atoms with Gasteiger partial charge >= 0.3 is 0 Å². The molecule has 124 valence electrons. The minimum absolute atomic E-state index is 0.464.